The Bertz CT molecular complexity index is 1260. The number of para-hydroxylation sites is 1. The van der Waals surface area contributed by atoms with E-state index in [1.807, 2.05) is 72.8 Å². The number of amides is 1. The molecule has 4 rings (SSSR count). The third-order valence-electron chi connectivity index (χ3n) is 5.37. The predicted molar refractivity (Wildman–Crippen MR) is 135 cm³/mol. The molecule has 0 aliphatic carbocycles. The molecule has 0 radical (unpaired) electrons. The number of nitrogens with one attached hydrogen (secondary N) is 2. The van der Waals surface area contributed by atoms with Crippen molar-refractivity contribution in [3.05, 3.63) is 108 Å². The van der Waals surface area contributed by atoms with Crippen molar-refractivity contribution >= 4 is 17.3 Å². The zero-order chi connectivity index (χ0) is 24.5. The van der Waals surface area contributed by atoms with Crippen LogP contribution in [0.15, 0.2) is 91.3 Å². The van der Waals surface area contributed by atoms with Gasteiger partial charge in [0, 0.05) is 24.6 Å². The van der Waals surface area contributed by atoms with Gasteiger partial charge in [0.2, 0.25) is 0 Å². The first-order chi connectivity index (χ1) is 17.2. The minimum Gasteiger partial charge on any atom is -0.497 e. The van der Waals surface area contributed by atoms with E-state index in [9.17, 15) is 4.79 Å². The van der Waals surface area contributed by atoms with E-state index in [1.165, 1.54) is 0 Å². The summed E-state index contributed by atoms with van der Waals surface area (Å²) in [5.41, 5.74) is 4.03. The summed E-state index contributed by atoms with van der Waals surface area (Å²) in [6, 6.07) is 24.3. The van der Waals surface area contributed by atoms with E-state index in [0.717, 1.165) is 22.6 Å². The fourth-order valence-electron chi connectivity index (χ4n) is 3.48. The first-order valence-electron chi connectivity index (χ1n) is 11.1. The van der Waals surface area contributed by atoms with Gasteiger partial charge in [0.15, 0.2) is 11.5 Å². The Hall–Kier alpha value is -4.52. The molecule has 7 heteroatoms. The van der Waals surface area contributed by atoms with Crippen molar-refractivity contribution in [2.45, 2.75) is 13.2 Å². The number of nitrogens with zero attached hydrogens (tertiary/aromatic N) is 1. The zero-order valence-corrected chi connectivity index (χ0v) is 19.7. The second-order valence-corrected chi connectivity index (χ2v) is 7.71. The summed E-state index contributed by atoms with van der Waals surface area (Å²) in [6.45, 7) is 0.754. The van der Waals surface area contributed by atoms with Crippen LogP contribution in [0.5, 0.6) is 17.2 Å². The Labute approximate surface area is 204 Å². The lowest BCUT2D eigenvalue weighted by molar-refractivity contribution is 0.0951. The number of aromatic nitrogens is 1. The molecule has 0 aliphatic heterocycles. The third kappa shape index (κ3) is 6.29. The van der Waals surface area contributed by atoms with Crippen LogP contribution in [0, 0.1) is 0 Å². The fourth-order valence-corrected chi connectivity index (χ4v) is 3.48. The summed E-state index contributed by atoms with van der Waals surface area (Å²) < 4.78 is 16.6. The first-order valence-corrected chi connectivity index (χ1v) is 11.1. The lowest BCUT2D eigenvalue weighted by Gasteiger charge is -2.14. The van der Waals surface area contributed by atoms with E-state index in [4.69, 9.17) is 14.2 Å². The van der Waals surface area contributed by atoms with Crippen molar-refractivity contribution in [3.63, 3.8) is 0 Å². The molecule has 178 valence electrons. The van der Waals surface area contributed by atoms with Crippen LogP contribution in [0.2, 0.25) is 0 Å². The van der Waals surface area contributed by atoms with Crippen molar-refractivity contribution < 1.29 is 19.0 Å². The van der Waals surface area contributed by atoms with Gasteiger partial charge in [-0.25, -0.2) is 0 Å². The van der Waals surface area contributed by atoms with Gasteiger partial charge >= 0.3 is 0 Å². The molecular formula is C28H27N3O4. The molecule has 2 N–H and O–H groups in total. The Kier molecular flexibility index (Phi) is 7.81. The topological polar surface area (TPSA) is 81.7 Å². The number of carbonyl (C=O) groups excluding carboxylic acids is 1. The van der Waals surface area contributed by atoms with Gasteiger partial charge in [0.1, 0.15) is 12.4 Å². The van der Waals surface area contributed by atoms with Crippen molar-refractivity contribution in [2.24, 2.45) is 0 Å². The molecule has 1 aromatic heterocycles. The normalized spacial score (nSPS) is 10.3. The van der Waals surface area contributed by atoms with Crippen molar-refractivity contribution in [1.82, 2.24) is 10.3 Å². The summed E-state index contributed by atoms with van der Waals surface area (Å²) in [4.78, 5) is 17.0. The monoisotopic (exact) mass is 469 g/mol. The summed E-state index contributed by atoms with van der Waals surface area (Å²) in [5.74, 6) is 1.82. The SMILES string of the molecule is COc1ccc(Nc2ccccc2C(=O)NCc2ccc(OCc3ccncc3)c(OC)c2)cc1. The molecule has 0 aliphatic rings. The zero-order valence-electron chi connectivity index (χ0n) is 19.7. The van der Waals surface area contributed by atoms with Gasteiger partial charge in [-0.2, -0.15) is 0 Å². The first kappa shape index (κ1) is 23.6. The van der Waals surface area contributed by atoms with Gasteiger partial charge in [-0.15, -0.1) is 0 Å². The van der Waals surface area contributed by atoms with Gasteiger partial charge in [-0.3, -0.25) is 9.78 Å². The number of ether oxygens (including phenoxy) is 3. The number of methoxy groups -OCH3 is 2. The second kappa shape index (κ2) is 11.6. The van der Waals surface area contributed by atoms with Crippen LogP contribution < -0.4 is 24.8 Å². The molecule has 4 aromatic rings. The molecule has 1 heterocycles. The molecule has 0 spiro atoms. The Morgan fingerprint density at radius 1 is 0.829 bits per heavy atom. The second-order valence-electron chi connectivity index (χ2n) is 7.71. The van der Waals surface area contributed by atoms with E-state index in [0.29, 0.717) is 35.9 Å². The van der Waals surface area contributed by atoms with Crippen molar-refractivity contribution in [2.75, 3.05) is 19.5 Å². The maximum atomic E-state index is 13.0. The molecule has 0 unspecified atom stereocenters. The maximum absolute atomic E-state index is 13.0. The lowest BCUT2D eigenvalue weighted by Crippen LogP contribution is -2.23. The fraction of sp³-hybridized carbons (Fsp3) is 0.143. The largest absolute Gasteiger partial charge is 0.497 e. The average Bonchev–Trinajstić information content (AvgIpc) is 2.92. The Morgan fingerprint density at radius 3 is 2.34 bits per heavy atom. The molecule has 0 fully saturated rings. The van der Waals surface area contributed by atoms with Crippen molar-refractivity contribution in [1.29, 1.82) is 0 Å². The summed E-state index contributed by atoms with van der Waals surface area (Å²) in [5, 5.41) is 6.29. The minimum atomic E-state index is -0.182. The highest BCUT2D eigenvalue weighted by atomic mass is 16.5. The van der Waals surface area contributed by atoms with Crippen molar-refractivity contribution in [3.8, 4) is 17.2 Å². The van der Waals surface area contributed by atoms with Crippen LogP contribution >= 0.6 is 0 Å². The smallest absolute Gasteiger partial charge is 0.253 e. The molecule has 1 amide bonds. The van der Waals surface area contributed by atoms with Crippen LogP contribution in [-0.2, 0) is 13.2 Å². The number of benzene rings is 3. The average molecular weight is 470 g/mol. The van der Waals surface area contributed by atoms with Gasteiger partial charge < -0.3 is 24.8 Å². The molecule has 7 nitrogen and oxygen atoms in total. The quantitative estimate of drug-likeness (QED) is 0.326. The van der Waals surface area contributed by atoms with E-state index in [-0.39, 0.29) is 5.91 Å². The minimum absolute atomic E-state index is 0.182. The molecule has 0 saturated heterocycles. The number of carbonyl (C=O) groups is 1. The molecule has 3 aromatic carbocycles. The highest BCUT2D eigenvalue weighted by Crippen LogP contribution is 2.29. The van der Waals surface area contributed by atoms with Gasteiger partial charge in [-0.1, -0.05) is 18.2 Å². The van der Waals surface area contributed by atoms with Crippen LogP contribution in [0.25, 0.3) is 0 Å². The highest BCUT2D eigenvalue weighted by Gasteiger charge is 2.12. The maximum Gasteiger partial charge on any atom is 0.253 e. The summed E-state index contributed by atoms with van der Waals surface area (Å²) in [7, 11) is 3.22. The summed E-state index contributed by atoms with van der Waals surface area (Å²) in [6.07, 6.45) is 3.46. The van der Waals surface area contributed by atoms with E-state index in [2.05, 4.69) is 15.6 Å². The number of pyridine rings is 1. The number of hydrogen-bond donors (Lipinski definition) is 2. The molecule has 0 atom stereocenters. The Balaban J connectivity index is 1.40. The van der Waals surface area contributed by atoms with Crippen LogP contribution in [0.1, 0.15) is 21.5 Å². The summed E-state index contributed by atoms with van der Waals surface area (Å²) >= 11 is 0. The van der Waals surface area contributed by atoms with E-state index >= 15 is 0 Å². The van der Waals surface area contributed by atoms with Crippen LogP contribution in [0.3, 0.4) is 0 Å². The Morgan fingerprint density at radius 2 is 1.60 bits per heavy atom. The van der Waals surface area contributed by atoms with E-state index in [1.54, 1.807) is 32.7 Å². The predicted octanol–water partition coefficient (Wildman–Crippen LogP) is 5.35. The third-order valence-corrected chi connectivity index (χ3v) is 5.37. The molecule has 35 heavy (non-hydrogen) atoms. The van der Waals surface area contributed by atoms with Gasteiger partial charge in [0.25, 0.3) is 5.91 Å². The molecular weight excluding hydrogens is 442 g/mol. The number of rotatable bonds is 10. The number of hydrogen-bond acceptors (Lipinski definition) is 6. The van der Waals surface area contributed by atoms with Gasteiger partial charge in [-0.05, 0) is 71.8 Å². The van der Waals surface area contributed by atoms with Crippen LogP contribution in [0.4, 0.5) is 11.4 Å². The van der Waals surface area contributed by atoms with Gasteiger partial charge in [0.05, 0.1) is 25.5 Å². The lowest BCUT2D eigenvalue weighted by atomic mass is 10.1. The van der Waals surface area contributed by atoms with E-state index < -0.39 is 0 Å². The molecule has 0 bridgehead atoms. The molecule has 0 saturated carbocycles. The van der Waals surface area contributed by atoms with Crippen LogP contribution in [-0.4, -0.2) is 25.1 Å². The highest BCUT2D eigenvalue weighted by molar-refractivity contribution is 6.00. The standard InChI is InChI=1S/C28H27N3O4/c1-33-23-10-8-22(9-11-23)31-25-6-4-3-5-24(25)28(32)30-18-21-7-12-26(27(17-21)34-2)35-19-20-13-15-29-16-14-20/h3-17,31H,18-19H2,1-2H3,(H,30,32). The number of anilines is 2.